The molecule has 2 saturated heterocycles. The van der Waals surface area contributed by atoms with Gasteiger partial charge in [-0.05, 0) is 0 Å². The highest BCUT2D eigenvalue weighted by atomic mass is 16.7. The maximum Gasteiger partial charge on any atom is 0.186 e. The van der Waals surface area contributed by atoms with Crippen LogP contribution < -0.4 is 0 Å². The van der Waals surface area contributed by atoms with E-state index in [4.69, 9.17) is 18.9 Å². The first-order valence-corrected chi connectivity index (χ1v) is 7.33. The van der Waals surface area contributed by atoms with E-state index >= 15 is 0 Å². The summed E-state index contributed by atoms with van der Waals surface area (Å²) in [6.07, 6.45) is -10.6. The molecule has 23 heavy (non-hydrogen) atoms. The molecule has 0 aromatic carbocycles. The van der Waals surface area contributed by atoms with Gasteiger partial charge in [-0.15, -0.1) is 0 Å². The molecule has 2 fully saturated rings. The van der Waals surface area contributed by atoms with Crippen molar-refractivity contribution in [2.24, 2.45) is 0 Å². The average Bonchev–Trinajstić information content (AvgIpc) is 2.54. The summed E-state index contributed by atoms with van der Waals surface area (Å²) in [5.74, 6) is 0. The van der Waals surface area contributed by atoms with Gasteiger partial charge in [-0.25, -0.2) is 0 Å². The molecule has 9 unspecified atom stereocenters. The van der Waals surface area contributed by atoms with E-state index < -0.39 is 61.7 Å². The zero-order valence-corrected chi connectivity index (χ0v) is 12.6. The number of aliphatic hydroxyl groups excluding tert-OH is 6. The zero-order chi connectivity index (χ0) is 17.1. The van der Waals surface area contributed by atoms with Crippen LogP contribution in [0.1, 0.15) is 0 Å². The van der Waals surface area contributed by atoms with E-state index in [0.717, 1.165) is 0 Å². The minimum atomic E-state index is -1.37. The van der Waals surface area contributed by atoms with Gasteiger partial charge in [0.1, 0.15) is 48.8 Å². The minimum Gasteiger partial charge on any atom is -0.394 e. The Kier molecular flexibility index (Phi) is 6.68. The van der Waals surface area contributed by atoms with E-state index in [9.17, 15) is 30.6 Å². The third kappa shape index (κ3) is 3.99. The quantitative estimate of drug-likeness (QED) is 0.291. The number of ether oxygens (including phenoxy) is 4. The van der Waals surface area contributed by atoms with Crippen molar-refractivity contribution in [2.75, 3.05) is 26.9 Å². The highest BCUT2D eigenvalue weighted by Crippen LogP contribution is 2.25. The van der Waals surface area contributed by atoms with Crippen LogP contribution in [0.4, 0.5) is 0 Å². The molecule has 2 rings (SSSR count). The normalized spacial score (nSPS) is 48.4. The van der Waals surface area contributed by atoms with Crippen LogP contribution in [-0.2, 0) is 18.9 Å². The molecule has 2 heterocycles. The van der Waals surface area contributed by atoms with Crippen LogP contribution >= 0.6 is 0 Å². The summed E-state index contributed by atoms with van der Waals surface area (Å²) in [6, 6.07) is 0. The third-order valence-corrected chi connectivity index (χ3v) is 4.12. The maximum absolute atomic E-state index is 10.1. The van der Waals surface area contributed by atoms with Gasteiger partial charge in [-0.2, -0.15) is 0 Å². The Morgan fingerprint density at radius 3 is 2.26 bits per heavy atom. The SMILES string of the molecule is COC1C(O)C(CO)OC(OCC2OCC(O)C(O)C2O)C1O. The second kappa shape index (κ2) is 8.12. The second-order valence-electron chi connectivity index (χ2n) is 5.66. The van der Waals surface area contributed by atoms with Crippen LogP contribution in [0.25, 0.3) is 0 Å². The van der Waals surface area contributed by atoms with E-state index in [1.807, 2.05) is 0 Å². The molecule has 0 radical (unpaired) electrons. The van der Waals surface area contributed by atoms with Gasteiger partial charge in [-0.1, -0.05) is 0 Å². The smallest absolute Gasteiger partial charge is 0.186 e. The van der Waals surface area contributed by atoms with Crippen molar-refractivity contribution in [3.05, 3.63) is 0 Å². The first-order chi connectivity index (χ1) is 10.9. The molecular weight excluding hydrogens is 316 g/mol. The number of rotatable bonds is 5. The predicted octanol–water partition coefficient (Wildman–Crippen LogP) is -4.06. The van der Waals surface area contributed by atoms with Crippen molar-refractivity contribution in [1.82, 2.24) is 0 Å². The molecule has 0 bridgehead atoms. The Labute approximate surface area is 132 Å². The molecule has 0 amide bonds. The Balaban J connectivity index is 1.93. The zero-order valence-electron chi connectivity index (χ0n) is 12.6. The summed E-state index contributed by atoms with van der Waals surface area (Å²) in [4.78, 5) is 0. The summed E-state index contributed by atoms with van der Waals surface area (Å²) < 4.78 is 20.8. The highest BCUT2D eigenvalue weighted by Gasteiger charge is 2.46. The largest absolute Gasteiger partial charge is 0.394 e. The summed E-state index contributed by atoms with van der Waals surface area (Å²) in [7, 11) is 1.29. The molecule has 10 nitrogen and oxygen atoms in total. The van der Waals surface area contributed by atoms with E-state index in [1.54, 1.807) is 0 Å². The van der Waals surface area contributed by atoms with Crippen molar-refractivity contribution < 1.29 is 49.6 Å². The molecule has 2 aliphatic heterocycles. The third-order valence-electron chi connectivity index (χ3n) is 4.12. The second-order valence-corrected chi connectivity index (χ2v) is 5.66. The first kappa shape index (κ1) is 18.9. The van der Waals surface area contributed by atoms with Gasteiger partial charge in [0.15, 0.2) is 6.29 Å². The first-order valence-electron chi connectivity index (χ1n) is 7.33. The molecule has 2 aliphatic rings. The Morgan fingerprint density at radius 2 is 1.65 bits per heavy atom. The molecule has 0 saturated carbocycles. The molecule has 0 aliphatic carbocycles. The Hall–Kier alpha value is -0.400. The Morgan fingerprint density at radius 1 is 0.957 bits per heavy atom. The molecule has 6 N–H and O–H groups in total. The average molecular weight is 340 g/mol. The van der Waals surface area contributed by atoms with Crippen molar-refractivity contribution in [3.63, 3.8) is 0 Å². The van der Waals surface area contributed by atoms with Gasteiger partial charge in [0.25, 0.3) is 0 Å². The fraction of sp³-hybridized carbons (Fsp3) is 1.00. The van der Waals surface area contributed by atoms with Crippen LogP contribution in [0.3, 0.4) is 0 Å². The lowest BCUT2D eigenvalue weighted by atomic mass is 9.98. The van der Waals surface area contributed by atoms with E-state index in [-0.39, 0.29) is 13.2 Å². The lowest BCUT2D eigenvalue weighted by Gasteiger charge is -2.42. The number of hydrogen-bond acceptors (Lipinski definition) is 10. The van der Waals surface area contributed by atoms with Gasteiger partial charge in [-0.3, -0.25) is 0 Å². The van der Waals surface area contributed by atoms with Crippen molar-refractivity contribution in [1.29, 1.82) is 0 Å². The molecule has 0 aromatic heterocycles. The summed E-state index contributed by atoms with van der Waals surface area (Å²) in [6.45, 7) is -0.905. The van der Waals surface area contributed by atoms with Gasteiger partial charge in [0, 0.05) is 7.11 Å². The van der Waals surface area contributed by atoms with E-state index in [1.165, 1.54) is 7.11 Å². The lowest BCUT2D eigenvalue weighted by molar-refractivity contribution is -0.313. The summed E-state index contributed by atoms with van der Waals surface area (Å²) in [5.41, 5.74) is 0. The summed E-state index contributed by atoms with van der Waals surface area (Å²) >= 11 is 0. The number of hydrogen-bond donors (Lipinski definition) is 6. The van der Waals surface area contributed by atoms with Crippen LogP contribution in [0, 0.1) is 0 Å². The van der Waals surface area contributed by atoms with Gasteiger partial charge < -0.3 is 49.6 Å². The predicted molar refractivity (Wildman–Crippen MR) is 72.3 cm³/mol. The van der Waals surface area contributed by atoms with E-state index in [0.29, 0.717) is 0 Å². The minimum absolute atomic E-state index is 0.168. The van der Waals surface area contributed by atoms with Crippen molar-refractivity contribution >= 4 is 0 Å². The van der Waals surface area contributed by atoms with Gasteiger partial charge in [0.05, 0.1) is 19.8 Å². The molecular formula is C13H24O10. The number of methoxy groups -OCH3 is 1. The van der Waals surface area contributed by atoms with Crippen molar-refractivity contribution in [2.45, 2.75) is 55.1 Å². The highest BCUT2D eigenvalue weighted by molar-refractivity contribution is 4.91. The Bertz CT molecular complexity index is 369. The molecule has 10 heteroatoms. The molecule has 0 spiro atoms. The van der Waals surface area contributed by atoms with Crippen LogP contribution in [0.2, 0.25) is 0 Å². The molecule has 136 valence electrons. The lowest BCUT2D eigenvalue weighted by Crippen LogP contribution is -2.60. The monoisotopic (exact) mass is 340 g/mol. The van der Waals surface area contributed by atoms with Gasteiger partial charge >= 0.3 is 0 Å². The van der Waals surface area contributed by atoms with Gasteiger partial charge in [0.2, 0.25) is 0 Å². The fourth-order valence-corrected chi connectivity index (χ4v) is 2.67. The topological polar surface area (TPSA) is 158 Å². The van der Waals surface area contributed by atoms with Crippen LogP contribution in [-0.4, -0.2) is 113 Å². The fourth-order valence-electron chi connectivity index (χ4n) is 2.67. The maximum atomic E-state index is 10.1. The number of aliphatic hydroxyl groups is 6. The molecule has 0 aromatic rings. The van der Waals surface area contributed by atoms with Crippen molar-refractivity contribution in [3.8, 4) is 0 Å². The van der Waals surface area contributed by atoms with Crippen LogP contribution in [0.15, 0.2) is 0 Å². The molecule has 9 atom stereocenters. The summed E-state index contributed by atoms with van der Waals surface area (Å²) in [5, 5.41) is 58.0. The standard InChI is InChI=1S/C13H24O10/c1-20-12-10(18)6(2-14)23-13(11(12)19)22-4-7-9(17)8(16)5(15)3-21-7/h5-19H,2-4H2,1H3. The van der Waals surface area contributed by atoms with E-state index in [2.05, 4.69) is 0 Å². The van der Waals surface area contributed by atoms with Crippen LogP contribution in [0.5, 0.6) is 0 Å².